The van der Waals surface area contributed by atoms with Crippen LogP contribution in [0, 0.1) is 13.8 Å². The van der Waals surface area contributed by atoms with Crippen molar-refractivity contribution in [1.29, 1.82) is 0 Å². The fourth-order valence-electron chi connectivity index (χ4n) is 2.29. The van der Waals surface area contributed by atoms with Gasteiger partial charge >= 0.3 is 0 Å². The monoisotopic (exact) mass is 267 g/mol. The molecule has 0 radical (unpaired) electrons. The number of aromatic nitrogens is 2. The zero-order valence-corrected chi connectivity index (χ0v) is 11.7. The van der Waals surface area contributed by atoms with Crippen molar-refractivity contribution < 1.29 is 4.79 Å². The van der Waals surface area contributed by atoms with Crippen LogP contribution in [-0.4, -0.2) is 15.9 Å². The van der Waals surface area contributed by atoms with Gasteiger partial charge in [-0.1, -0.05) is 18.2 Å². The van der Waals surface area contributed by atoms with E-state index in [4.69, 9.17) is 0 Å². The molecule has 1 heterocycles. The van der Waals surface area contributed by atoms with Crippen LogP contribution < -0.4 is 5.32 Å². The summed E-state index contributed by atoms with van der Waals surface area (Å²) in [5, 5.41) is 2.95. The number of carbonyl (C=O) groups excluding carboxylic acids is 1. The number of benzene rings is 1. The Hall–Kier alpha value is -2.23. The van der Waals surface area contributed by atoms with E-state index in [1.54, 1.807) is 6.07 Å². The summed E-state index contributed by atoms with van der Waals surface area (Å²) >= 11 is 0. The van der Waals surface area contributed by atoms with E-state index in [9.17, 15) is 4.79 Å². The highest BCUT2D eigenvalue weighted by atomic mass is 16.1. The summed E-state index contributed by atoms with van der Waals surface area (Å²) in [7, 11) is 0. The minimum absolute atomic E-state index is 0.174. The van der Waals surface area contributed by atoms with Gasteiger partial charge in [-0.15, -0.1) is 0 Å². The normalized spacial score (nSPS) is 14.1. The molecule has 4 heteroatoms. The minimum atomic E-state index is -0.174. The summed E-state index contributed by atoms with van der Waals surface area (Å²) in [5.41, 5.74) is 4.38. The molecular weight excluding hydrogens is 250 g/mol. The fourth-order valence-corrected chi connectivity index (χ4v) is 2.29. The van der Waals surface area contributed by atoms with Crippen LogP contribution in [0.5, 0.6) is 0 Å². The van der Waals surface area contributed by atoms with Gasteiger partial charge in [-0.05, 0) is 43.9 Å². The van der Waals surface area contributed by atoms with Gasteiger partial charge in [-0.25, -0.2) is 9.97 Å². The third-order valence-corrected chi connectivity index (χ3v) is 3.64. The molecule has 0 saturated heterocycles. The molecule has 0 unspecified atom stereocenters. The Bertz CT molecular complexity index is 642. The molecule has 4 nitrogen and oxygen atoms in total. The van der Waals surface area contributed by atoms with Gasteiger partial charge in [0.1, 0.15) is 12.0 Å². The van der Waals surface area contributed by atoms with Crippen molar-refractivity contribution in [3.63, 3.8) is 0 Å². The maximum atomic E-state index is 12.3. The van der Waals surface area contributed by atoms with Crippen LogP contribution in [0.25, 0.3) is 0 Å². The number of nitrogens with one attached hydrogen (secondary N) is 1. The summed E-state index contributed by atoms with van der Waals surface area (Å²) < 4.78 is 0. The van der Waals surface area contributed by atoms with E-state index in [0.717, 1.165) is 35.3 Å². The zero-order valence-electron chi connectivity index (χ0n) is 11.7. The second-order valence-corrected chi connectivity index (χ2v) is 5.32. The number of amides is 1. The van der Waals surface area contributed by atoms with Crippen LogP contribution in [-0.2, 0) is 0 Å². The summed E-state index contributed by atoms with van der Waals surface area (Å²) in [6, 6.07) is 7.76. The molecule has 1 aromatic heterocycles. The molecular formula is C16H17N3O. The highest BCUT2D eigenvalue weighted by Gasteiger charge is 2.26. The third-order valence-electron chi connectivity index (χ3n) is 3.64. The van der Waals surface area contributed by atoms with Gasteiger partial charge in [-0.2, -0.15) is 0 Å². The summed E-state index contributed by atoms with van der Waals surface area (Å²) in [6.07, 6.45) is 3.80. The van der Waals surface area contributed by atoms with E-state index in [1.807, 2.05) is 32.0 Å². The van der Waals surface area contributed by atoms with E-state index in [1.165, 1.54) is 6.33 Å². The molecule has 1 aliphatic rings. The first-order valence-electron chi connectivity index (χ1n) is 6.84. The average Bonchev–Trinajstić information content (AvgIpc) is 3.27. The lowest BCUT2D eigenvalue weighted by Gasteiger charge is -2.11. The molecule has 3 rings (SSSR count). The molecule has 1 fully saturated rings. The number of anilines is 1. The van der Waals surface area contributed by atoms with E-state index < -0.39 is 0 Å². The van der Waals surface area contributed by atoms with Crippen molar-refractivity contribution in [2.75, 3.05) is 5.32 Å². The Balaban J connectivity index is 1.84. The Labute approximate surface area is 118 Å². The molecule has 0 bridgehead atoms. The van der Waals surface area contributed by atoms with Gasteiger partial charge in [0.15, 0.2) is 0 Å². The van der Waals surface area contributed by atoms with Gasteiger partial charge in [0.25, 0.3) is 5.91 Å². The third kappa shape index (κ3) is 2.54. The Morgan fingerprint density at radius 1 is 1.20 bits per heavy atom. The van der Waals surface area contributed by atoms with Gasteiger partial charge in [-0.3, -0.25) is 4.79 Å². The number of carbonyl (C=O) groups is 1. The van der Waals surface area contributed by atoms with Gasteiger partial charge in [0, 0.05) is 17.3 Å². The fraction of sp³-hybridized carbons (Fsp3) is 0.312. The topological polar surface area (TPSA) is 54.9 Å². The first-order chi connectivity index (χ1) is 9.65. The van der Waals surface area contributed by atoms with Crippen molar-refractivity contribution >= 4 is 11.6 Å². The maximum Gasteiger partial charge on any atom is 0.274 e. The van der Waals surface area contributed by atoms with Crippen LogP contribution in [0.4, 0.5) is 5.69 Å². The average molecular weight is 267 g/mol. The maximum absolute atomic E-state index is 12.3. The Morgan fingerprint density at radius 3 is 2.55 bits per heavy atom. The lowest BCUT2D eigenvalue weighted by Crippen LogP contribution is -2.16. The highest BCUT2D eigenvalue weighted by molar-refractivity contribution is 6.03. The predicted octanol–water partition coefficient (Wildman–Crippen LogP) is 3.22. The van der Waals surface area contributed by atoms with E-state index >= 15 is 0 Å². The van der Waals surface area contributed by atoms with Crippen molar-refractivity contribution in [3.8, 4) is 0 Å². The van der Waals surface area contributed by atoms with E-state index in [2.05, 4.69) is 15.3 Å². The number of hydrogen-bond donors (Lipinski definition) is 1. The molecule has 1 N–H and O–H groups in total. The van der Waals surface area contributed by atoms with Crippen molar-refractivity contribution in [1.82, 2.24) is 9.97 Å². The van der Waals surface area contributed by atoms with Crippen LogP contribution in [0.2, 0.25) is 0 Å². The van der Waals surface area contributed by atoms with Crippen molar-refractivity contribution in [2.45, 2.75) is 32.6 Å². The van der Waals surface area contributed by atoms with Gasteiger partial charge in [0.05, 0.1) is 0 Å². The second kappa shape index (κ2) is 5.04. The number of rotatable bonds is 3. The number of hydrogen-bond acceptors (Lipinski definition) is 3. The van der Waals surface area contributed by atoms with Crippen LogP contribution >= 0.6 is 0 Å². The van der Waals surface area contributed by atoms with Gasteiger partial charge in [0.2, 0.25) is 0 Å². The second-order valence-electron chi connectivity index (χ2n) is 5.32. The zero-order chi connectivity index (χ0) is 14.1. The van der Waals surface area contributed by atoms with Gasteiger partial charge < -0.3 is 5.32 Å². The summed E-state index contributed by atoms with van der Waals surface area (Å²) in [4.78, 5) is 20.6. The summed E-state index contributed by atoms with van der Waals surface area (Å²) in [5.74, 6) is 0.344. The van der Waals surface area contributed by atoms with Crippen LogP contribution in [0.15, 0.2) is 30.6 Å². The molecule has 1 aliphatic carbocycles. The molecule has 1 aromatic carbocycles. The largest absolute Gasteiger partial charge is 0.320 e. The molecule has 0 aliphatic heterocycles. The van der Waals surface area contributed by atoms with E-state index in [-0.39, 0.29) is 5.91 Å². The van der Waals surface area contributed by atoms with Crippen molar-refractivity contribution in [3.05, 3.63) is 53.1 Å². The molecule has 2 aromatic rings. The predicted molar refractivity (Wildman–Crippen MR) is 77.9 cm³/mol. The van der Waals surface area contributed by atoms with Crippen LogP contribution in [0.3, 0.4) is 0 Å². The first-order valence-corrected chi connectivity index (χ1v) is 6.84. The molecule has 0 atom stereocenters. The SMILES string of the molecule is Cc1cccc(C)c1NC(=O)c1cc(C2CC2)ncn1. The Morgan fingerprint density at radius 2 is 1.90 bits per heavy atom. The van der Waals surface area contributed by atoms with Crippen LogP contribution in [0.1, 0.15) is 46.1 Å². The smallest absolute Gasteiger partial charge is 0.274 e. The standard InChI is InChI=1S/C16H17N3O/c1-10-4-3-5-11(2)15(10)19-16(20)14-8-13(12-6-7-12)17-9-18-14/h3-5,8-9,12H,6-7H2,1-2H3,(H,19,20). The quantitative estimate of drug-likeness (QED) is 0.929. The summed E-state index contributed by atoms with van der Waals surface area (Å²) in [6.45, 7) is 3.97. The molecule has 102 valence electrons. The molecule has 1 saturated carbocycles. The van der Waals surface area contributed by atoms with E-state index in [0.29, 0.717) is 11.6 Å². The lowest BCUT2D eigenvalue weighted by atomic mass is 10.1. The molecule has 0 spiro atoms. The number of aryl methyl sites for hydroxylation is 2. The van der Waals surface area contributed by atoms with Crippen molar-refractivity contribution in [2.24, 2.45) is 0 Å². The molecule has 20 heavy (non-hydrogen) atoms. The first kappa shape index (κ1) is 12.8. The minimum Gasteiger partial charge on any atom is -0.320 e. The number of nitrogens with zero attached hydrogens (tertiary/aromatic N) is 2. The molecule has 1 amide bonds. The highest BCUT2D eigenvalue weighted by Crippen LogP contribution is 2.38. The number of para-hydroxylation sites is 1. The lowest BCUT2D eigenvalue weighted by molar-refractivity contribution is 0.102. The Kier molecular flexibility index (Phi) is 3.22.